The lowest BCUT2D eigenvalue weighted by Gasteiger charge is -2.15. The van der Waals surface area contributed by atoms with Crippen LogP contribution >= 0.6 is 0 Å². The SMILES string of the molecule is CCC(C)CCCCCCCCCCCCCCCCC(=O)OC[C@H](CO)OC(=O)CCCCCCCCCCCCCCC(C)C. The largest absolute Gasteiger partial charge is 0.462 e. The van der Waals surface area contributed by atoms with Crippen LogP contribution in [0.5, 0.6) is 0 Å². The molecular formula is C42H82O5. The number of aliphatic hydroxyl groups excluding tert-OH is 1. The van der Waals surface area contributed by atoms with Crippen molar-refractivity contribution in [3.63, 3.8) is 0 Å². The number of hydrogen-bond donors (Lipinski definition) is 1. The molecule has 0 fully saturated rings. The molecule has 47 heavy (non-hydrogen) atoms. The molecule has 1 N–H and O–H groups in total. The molecule has 280 valence electrons. The second-order valence-electron chi connectivity index (χ2n) is 15.2. The first-order valence-electron chi connectivity index (χ1n) is 20.8. The molecule has 0 aromatic rings. The Labute approximate surface area is 293 Å². The molecule has 0 aromatic carbocycles. The third-order valence-corrected chi connectivity index (χ3v) is 9.87. The van der Waals surface area contributed by atoms with Crippen molar-refractivity contribution < 1.29 is 24.2 Å². The summed E-state index contributed by atoms with van der Waals surface area (Å²) in [5.74, 6) is 1.17. The van der Waals surface area contributed by atoms with Crippen molar-refractivity contribution in [2.75, 3.05) is 13.2 Å². The standard InChI is InChI=1S/C42H82O5/c1-5-39(4)33-29-25-21-17-13-8-6-7-9-14-18-22-26-30-34-41(44)46-37-40(36-43)47-42(45)35-31-27-23-19-15-11-10-12-16-20-24-28-32-38(2)3/h38-40,43H,5-37H2,1-4H3/t39?,40-/m0/s1. The maximum atomic E-state index is 12.2. The summed E-state index contributed by atoms with van der Waals surface area (Å²) in [7, 11) is 0. The van der Waals surface area contributed by atoms with Crippen LogP contribution in [0.2, 0.25) is 0 Å². The molecule has 0 aliphatic carbocycles. The van der Waals surface area contributed by atoms with E-state index in [1.165, 1.54) is 154 Å². The highest BCUT2D eigenvalue weighted by Gasteiger charge is 2.16. The molecule has 0 spiro atoms. The second kappa shape index (κ2) is 36.2. The van der Waals surface area contributed by atoms with Gasteiger partial charge in [0.25, 0.3) is 0 Å². The summed E-state index contributed by atoms with van der Waals surface area (Å²) in [4.78, 5) is 24.3. The fourth-order valence-corrected chi connectivity index (χ4v) is 6.30. The fourth-order valence-electron chi connectivity index (χ4n) is 6.30. The number of esters is 2. The minimum absolute atomic E-state index is 0.0583. The van der Waals surface area contributed by atoms with E-state index in [0.29, 0.717) is 12.8 Å². The van der Waals surface area contributed by atoms with Gasteiger partial charge < -0.3 is 14.6 Å². The third-order valence-electron chi connectivity index (χ3n) is 9.87. The summed E-state index contributed by atoms with van der Waals surface area (Å²) in [5, 5.41) is 9.56. The number of hydrogen-bond acceptors (Lipinski definition) is 5. The van der Waals surface area contributed by atoms with Gasteiger partial charge in [0.05, 0.1) is 6.61 Å². The van der Waals surface area contributed by atoms with E-state index >= 15 is 0 Å². The maximum absolute atomic E-state index is 12.2. The van der Waals surface area contributed by atoms with Gasteiger partial charge >= 0.3 is 11.9 Å². The number of carbonyl (C=O) groups excluding carboxylic acids is 2. The highest BCUT2D eigenvalue weighted by atomic mass is 16.6. The Morgan fingerprint density at radius 1 is 0.489 bits per heavy atom. The van der Waals surface area contributed by atoms with Crippen molar-refractivity contribution in [3.8, 4) is 0 Å². The fraction of sp³-hybridized carbons (Fsp3) is 0.952. The zero-order chi connectivity index (χ0) is 34.6. The number of aliphatic hydroxyl groups is 1. The van der Waals surface area contributed by atoms with E-state index in [2.05, 4.69) is 27.7 Å². The summed E-state index contributed by atoms with van der Waals surface area (Å²) in [5.41, 5.74) is 0. The smallest absolute Gasteiger partial charge is 0.306 e. The van der Waals surface area contributed by atoms with Crippen LogP contribution in [-0.4, -0.2) is 36.4 Å². The average molecular weight is 667 g/mol. The minimum atomic E-state index is -0.763. The van der Waals surface area contributed by atoms with Crippen LogP contribution in [0.3, 0.4) is 0 Å². The van der Waals surface area contributed by atoms with Crippen LogP contribution in [0.1, 0.15) is 227 Å². The van der Waals surface area contributed by atoms with E-state index in [-0.39, 0.29) is 25.2 Å². The maximum Gasteiger partial charge on any atom is 0.306 e. The van der Waals surface area contributed by atoms with Gasteiger partial charge in [-0.05, 0) is 24.7 Å². The summed E-state index contributed by atoms with van der Waals surface area (Å²) in [6, 6.07) is 0. The van der Waals surface area contributed by atoms with Gasteiger partial charge in [-0.1, -0.05) is 201 Å². The van der Waals surface area contributed by atoms with Gasteiger partial charge in [-0.2, -0.15) is 0 Å². The molecule has 2 atom stereocenters. The van der Waals surface area contributed by atoms with Gasteiger partial charge in [0, 0.05) is 12.8 Å². The molecule has 5 nitrogen and oxygen atoms in total. The molecule has 5 heteroatoms. The van der Waals surface area contributed by atoms with Crippen LogP contribution in [0, 0.1) is 11.8 Å². The van der Waals surface area contributed by atoms with E-state index in [0.717, 1.165) is 43.9 Å². The van der Waals surface area contributed by atoms with Crippen LogP contribution in [0.15, 0.2) is 0 Å². The van der Waals surface area contributed by atoms with Crippen LogP contribution in [0.25, 0.3) is 0 Å². The lowest BCUT2D eigenvalue weighted by atomic mass is 9.99. The topological polar surface area (TPSA) is 72.8 Å². The number of ether oxygens (including phenoxy) is 2. The zero-order valence-corrected chi connectivity index (χ0v) is 32.1. The molecule has 0 aliphatic rings. The normalized spacial score (nSPS) is 12.8. The highest BCUT2D eigenvalue weighted by molar-refractivity contribution is 5.70. The van der Waals surface area contributed by atoms with Gasteiger partial charge in [-0.25, -0.2) is 0 Å². The lowest BCUT2D eigenvalue weighted by Crippen LogP contribution is -2.28. The Morgan fingerprint density at radius 3 is 1.19 bits per heavy atom. The lowest BCUT2D eigenvalue weighted by molar-refractivity contribution is -0.161. The molecule has 0 saturated heterocycles. The minimum Gasteiger partial charge on any atom is -0.462 e. The Hall–Kier alpha value is -1.10. The Balaban J connectivity index is 3.49. The predicted molar refractivity (Wildman–Crippen MR) is 201 cm³/mol. The van der Waals surface area contributed by atoms with Crippen molar-refractivity contribution in [1.29, 1.82) is 0 Å². The van der Waals surface area contributed by atoms with Crippen LogP contribution in [-0.2, 0) is 19.1 Å². The van der Waals surface area contributed by atoms with Crippen molar-refractivity contribution in [3.05, 3.63) is 0 Å². The Morgan fingerprint density at radius 2 is 0.830 bits per heavy atom. The van der Waals surface area contributed by atoms with E-state index in [4.69, 9.17) is 9.47 Å². The van der Waals surface area contributed by atoms with Gasteiger partial charge in [0.2, 0.25) is 0 Å². The molecule has 0 bridgehead atoms. The summed E-state index contributed by atoms with van der Waals surface area (Å²) < 4.78 is 10.6. The number of unbranched alkanes of at least 4 members (excludes halogenated alkanes) is 24. The molecule has 0 radical (unpaired) electrons. The third kappa shape index (κ3) is 36.0. The molecular weight excluding hydrogens is 584 g/mol. The van der Waals surface area contributed by atoms with Crippen LogP contribution in [0.4, 0.5) is 0 Å². The first-order valence-corrected chi connectivity index (χ1v) is 20.8. The van der Waals surface area contributed by atoms with Crippen molar-refractivity contribution in [2.24, 2.45) is 11.8 Å². The second-order valence-corrected chi connectivity index (χ2v) is 15.2. The molecule has 0 rings (SSSR count). The number of rotatable bonds is 37. The van der Waals surface area contributed by atoms with E-state index in [1.54, 1.807) is 0 Å². The summed E-state index contributed by atoms with van der Waals surface area (Å²) in [6.45, 7) is 8.90. The van der Waals surface area contributed by atoms with Gasteiger partial charge in [0.1, 0.15) is 6.61 Å². The summed E-state index contributed by atoms with van der Waals surface area (Å²) >= 11 is 0. The molecule has 0 heterocycles. The van der Waals surface area contributed by atoms with Crippen molar-refractivity contribution in [2.45, 2.75) is 233 Å². The van der Waals surface area contributed by atoms with Gasteiger partial charge in [-0.15, -0.1) is 0 Å². The van der Waals surface area contributed by atoms with E-state index in [9.17, 15) is 14.7 Å². The van der Waals surface area contributed by atoms with Gasteiger partial charge in [0.15, 0.2) is 6.10 Å². The monoisotopic (exact) mass is 667 g/mol. The molecule has 0 amide bonds. The van der Waals surface area contributed by atoms with Crippen molar-refractivity contribution in [1.82, 2.24) is 0 Å². The molecule has 0 aliphatic heterocycles. The van der Waals surface area contributed by atoms with Crippen LogP contribution < -0.4 is 0 Å². The van der Waals surface area contributed by atoms with E-state index < -0.39 is 6.10 Å². The predicted octanol–water partition coefficient (Wildman–Crippen LogP) is 12.8. The Kier molecular flexibility index (Phi) is 35.3. The average Bonchev–Trinajstić information content (AvgIpc) is 3.06. The number of carbonyl (C=O) groups is 2. The summed E-state index contributed by atoms with van der Waals surface area (Å²) in [6.07, 6.45) is 37.3. The Bertz CT molecular complexity index is 663. The van der Waals surface area contributed by atoms with Crippen molar-refractivity contribution >= 4 is 11.9 Å². The first-order chi connectivity index (χ1) is 22.9. The van der Waals surface area contributed by atoms with E-state index in [1.807, 2.05) is 0 Å². The first kappa shape index (κ1) is 45.9. The highest BCUT2D eigenvalue weighted by Crippen LogP contribution is 2.17. The molecule has 1 unspecified atom stereocenters. The van der Waals surface area contributed by atoms with Gasteiger partial charge in [-0.3, -0.25) is 9.59 Å². The molecule has 0 aromatic heterocycles. The zero-order valence-electron chi connectivity index (χ0n) is 32.1. The quantitative estimate of drug-likeness (QED) is 0.0527. The molecule has 0 saturated carbocycles.